The van der Waals surface area contributed by atoms with Gasteiger partial charge in [0.1, 0.15) is 12.4 Å². The maximum Gasteiger partial charge on any atom is 0.341 e. The molecular formula is C24H37NO8. The number of ketones is 2. The highest BCUT2D eigenvalue weighted by Gasteiger charge is 2.61. The summed E-state index contributed by atoms with van der Waals surface area (Å²) in [7, 11) is 1.83. The highest BCUT2D eigenvalue weighted by molar-refractivity contribution is 6.01. The van der Waals surface area contributed by atoms with Crippen molar-refractivity contribution in [1.29, 1.82) is 0 Å². The fourth-order valence-corrected chi connectivity index (χ4v) is 4.70. The largest absolute Gasteiger partial charge is 0.460 e. The van der Waals surface area contributed by atoms with Crippen molar-refractivity contribution in [2.75, 3.05) is 26.7 Å². The van der Waals surface area contributed by atoms with Gasteiger partial charge in [0.15, 0.2) is 11.7 Å². The lowest BCUT2D eigenvalue weighted by atomic mass is 9.54. The second-order valence-corrected chi connectivity index (χ2v) is 10.3. The molecule has 2 N–H and O–H groups in total. The molecule has 1 fully saturated rings. The molecule has 2 bridgehead atoms. The summed E-state index contributed by atoms with van der Waals surface area (Å²) in [6.45, 7) is 9.51. The van der Waals surface area contributed by atoms with Gasteiger partial charge >= 0.3 is 11.9 Å². The maximum absolute atomic E-state index is 13.4. The molecule has 0 spiro atoms. The first-order chi connectivity index (χ1) is 15.1. The molecule has 2 aliphatic rings. The molecule has 9 nitrogen and oxygen atoms in total. The normalized spacial score (nSPS) is 36.6. The lowest BCUT2D eigenvalue weighted by molar-refractivity contribution is -0.210. The van der Waals surface area contributed by atoms with Gasteiger partial charge in [-0.05, 0) is 33.2 Å². The van der Waals surface area contributed by atoms with E-state index in [0.717, 1.165) is 0 Å². The molecule has 2 heterocycles. The molecule has 5 atom stereocenters. The quantitative estimate of drug-likeness (QED) is 0.585. The standard InChI is InChI=1S/C24H37NO8/c1-14(26)12-23(6)20(29)32-13-17-8-10-25(7)11-9-18(19(17)28)33-21(30)24(31,16(3)27)15(2)22(23,4)5/h8,15-16,18,27,31H,9-13H2,1-7H3/b17-8-. The van der Waals surface area contributed by atoms with E-state index in [1.165, 1.54) is 27.7 Å². The van der Waals surface area contributed by atoms with Gasteiger partial charge in [-0.1, -0.05) is 26.8 Å². The average Bonchev–Trinajstić information content (AvgIpc) is 2.72. The van der Waals surface area contributed by atoms with E-state index in [9.17, 15) is 29.4 Å². The molecule has 5 unspecified atom stereocenters. The molecule has 0 amide bonds. The smallest absolute Gasteiger partial charge is 0.341 e. The molecule has 9 heteroatoms. The Kier molecular flexibility index (Phi) is 7.93. The third-order valence-corrected chi connectivity index (χ3v) is 7.82. The fraction of sp³-hybridized carbons (Fsp3) is 0.750. The van der Waals surface area contributed by atoms with Gasteiger partial charge in [0.2, 0.25) is 5.78 Å². The maximum atomic E-state index is 13.4. The molecule has 0 aromatic heterocycles. The van der Waals surface area contributed by atoms with Crippen molar-refractivity contribution in [3.8, 4) is 0 Å². The van der Waals surface area contributed by atoms with Crippen molar-refractivity contribution >= 4 is 23.5 Å². The number of nitrogens with zero attached hydrogens (tertiary/aromatic N) is 1. The summed E-state index contributed by atoms with van der Waals surface area (Å²) in [5.41, 5.74) is -4.95. The first-order valence-corrected chi connectivity index (χ1v) is 11.3. The van der Waals surface area contributed by atoms with Crippen molar-refractivity contribution < 1.29 is 38.9 Å². The summed E-state index contributed by atoms with van der Waals surface area (Å²) in [6.07, 6.45) is -1.19. The van der Waals surface area contributed by atoms with Crippen LogP contribution in [0.15, 0.2) is 11.6 Å². The molecule has 2 rings (SSSR count). The van der Waals surface area contributed by atoms with Crippen LogP contribution >= 0.6 is 0 Å². The topological polar surface area (TPSA) is 130 Å². The van der Waals surface area contributed by atoms with Gasteiger partial charge in [0.25, 0.3) is 0 Å². The SMILES string of the molecule is CC(=O)CC1(C)C(=O)OC/C2=C/CN(C)CCC(OC(=O)C(O)(C(C)O)C(C)C1(C)C)C2=O. The van der Waals surface area contributed by atoms with E-state index in [1.54, 1.807) is 19.9 Å². The summed E-state index contributed by atoms with van der Waals surface area (Å²) in [4.78, 5) is 54.0. The van der Waals surface area contributed by atoms with Crippen molar-refractivity contribution in [2.45, 2.75) is 72.2 Å². The van der Waals surface area contributed by atoms with E-state index in [-0.39, 0.29) is 30.8 Å². The Labute approximate surface area is 195 Å². The van der Waals surface area contributed by atoms with Crippen molar-refractivity contribution in [1.82, 2.24) is 4.90 Å². The number of Topliss-reactive ketones (excluding diaryl/α,β-unsaturated/α-hetero) is 2. The minimum Gasteiger partial charge on any atom is -0.460 e. The monoisotopic (exact) mass is 467 g/mol. The average molecular weight is 468 g/mol. The lowest BCUT2D eigenvalue weighted by Gasteiger charge is -2.51. The van der Waals surface area contributed by atoms with Crippen LogP contribution in [0, 0.1) is 16.7 Å². The van der Waals surface area contributed by atoms with Crippen LogP contribution in [0.3, 0.4) is 0 Å². The lowest BCUT2D eigenvalue weighted by Crippen LogP contribution is -2.63. The Morgan fingerprint density at radius 1 is 1.24 bits per heavy atom. The number of hydrogen-bond acceptors (Lipinski definition) is 9. The van der Waals surface area contributed by atoms with Crippen LogP contribution in [0.1, 0.15) is 54.4 Å². The Bertz CT molecular complexity index is 847. The molecular weight excluding hydrogens is 430 g/mol. The van der Waals surface area contributed by atoms with Crippen LogP contribution in [0.5, 0.6) is 0 Å². The van der Waals surface area contributed by atoms with Gasteiger partial charge in [0, 0.05) is 37.4 Å². The third-order valence-electron chi connectivity index (χ3n) is 7.82. The van der Waals surface area contributed by atoms with Crippen molar-refractivity contribution in [2.24, 2.45) is 16.7 Å². The molecule has 186 valence electrons. The number of fused-ring (bicyclic) bond motifs is 2. The predicted octanol–water partition coefficient (Wildman–Crippen LogP) is 1.05. The number of rotatable bonds is 3. The summed E-state index contributed by atoms with van der Waals surface area (Å²) in [6, 6.07) is 0. The first-order valence-electron chi connectivity index (χ1n) is 11.3. The van der Waals surface area contributed by atoms with Crippen LogP contribution < -0.4 is 0 Å². The molecule has 0 aliphatic carbocycles. The summed E-state index contributed by atoms with van der Waals surface area (Å²) in [5.74, 6) is -3.73. The zero-order valence-corrected chi connectivity index (χ0v) is 20.6. The minimum absolute atomic E-state index is 0.171. The van der Waals surface area contributed by atoms with Crippen LogP contribution in [0.2, 0.25) is 0 Å². The molecule has 0 saturated carbocycles. The number of aliphatic hydroxyl groups excluding tert-OH is 1. The minimum atomic E-state index is -2.44. The van der Waals surface area contributed by atoms with Crippen LogP contribution in [0.25, 0.3) is 0 Å². The van der Waals surface area contributed by atoms with E-state index in [1.807, 2.05) is 11.9 Å². The predicted molar refractivity (Wildman–Crippen MR) is 119 cm³/mol. The molecule has 2 aliphatic heterocycles. The molecule has 0 aromatic rings. The van der Waals surface area contributed by atoms with Gasteiger partial charge in [-0.15, -0.1) is 0 Å². The number of esters is 2. The summed E-state index contributed by atoms with van der Waals surface area (Å²) in [5, 5.41) is 22.0. The number of carbonyl (C=O) groups is 4. The van der Waals surface area contributed by atoms with Gasteiger partial charge in [0.05, 0.1) is 11.5 Å². The number of aliphatic hydroxyl groups is 2. The molecule has 33 heavy (non-hydrogen) atoms. The van der Waals surface area contributed by atoms with E-state index in [0.29, 0.717) is 13.1 Å². The van der Waals surface area contributed by atoms with Gasteiger partial charge in [-0.3, -0.25) is 14.4 Å². The molecule has 1 saturated heterocycles. The Balaban J connectivity index is 2.72. The number of likely N-dealkylation sites (N-methyl/N-ethyl adjacent to an activating group) is 1. The highest BCUT2D eigenvalue weighted by atomic mass is 16.6. The number of ether oxygens (including phenoxy) is 2. The zero-order valence-electron chi connectivity index (χ0n) is 20.6. The fourth-order valence-electron chi connectivity index (χ4n) is 4.70. The molecule has 0 aromatic carbocycles. The number of hydrogen-bond donors (Lipinski definition) is 2. The van der Waals surface area contributed by atoms with Gasteiger partial charge < -0.3 is 24.6 Å². The van der Waals surface area contributed by atoms with Crippen LogP contribution in [0.4, 0.5) is 0 Å². The second-order valence-electron chi connectivity index (χ2n) is 10.3. The van der Waals surface area contributed by atoms with Crippen molar-refractivity contribution in [3.63, 3.8) is 0 Å². The van der Waals surface area contributed by atoms with Crippen LogP contribution in [-0.2, 0) is 28.7 Å². The highest BCUT2D eigenvalue weighted by Crippen LogP contribution is 2.52. The molecule has 0 radical (unpaired) electrons. The van der Waals surface area contributed by atoms with Crippen molar-refractivity contribution in [3.05, 3.63) is 11.6 Å². The Hall–Kier alpha value is -2.10. The number of cyclic esters (lactones) is 1. The summed E-state index contributed by atoms with van der Waals surface area (Å²) >= 11 is 0. The van der Waals surface area contributed by atoms with Gasteiger partial charge in [-0.25, -0.2) is 4.79 Å². The number of carbonyl (C=O) groups excluding carboxylic acids is 4. The Morgan fingerprint density at radius 2 is 1.85 bits per heavy atom. The van der Waals surface area contributed by atoms with E-state index in [4.69, 9.17) is 9.47 Å². The Morgan fingerprint density at radius 3 is 2.39 bits per heavy atom. The van der Waals surface area contributed by atoms with E-state index in [2.05, 4.69) is 0 Å². The second kappa shape index (κ2) is 9.64. The van der Waals surface area contributed by atoms with Gasteiger partial charge in [-0.2, -0.15) is 0 Å². The summed E-state index contributed by atoms with van der Waals surface area (Å²) < 4.78 is 11.1. The van der Waals surface area contributed by atoms with E-state index < -0.39 is 52.3 Å². The first kappa shape index (κ1) is 27.1. The zero-order chi connectivity index (χ0) is 25.4. The van der Waals surface area contributed by atoms with Crippen LogP contribution in [-0.4, -0.2) is 83.2 Å². The van der Waals surface area contributed by atoms with E-state index >= 15 is 0 Å². The third kappa shape index (κ3) is 4.90.